The first-order valence-corrected chi connectivity index (χ1v) is 2.11. The lowest BCUT2D eigenvalue weighted by molar-refractivity contribution is 0.0489. The first-order valence-electron chi connectivity index (χ1n) is 2.11. The van der Waals surface area contributed by atoms with Crippen LogP contribution in [0, 0.1) is 0 Å². The van der Waals surface area contributed by atoms with Gasteiger partial charge in [0.05, 0.1) is 6.10 Å². The Morgan fingerprint density at radius 3 is 2.14 bits per heavy atom. The predicted octanol–water partition coefficient (Wildman–Crippen LogP) is 0.276. The van der Waals surface area contributed by atoms with E-state index in [4.69, 9.17) is 5.73 Å². The van der Waals surface area contributed by atoms with Crippen molar-refractivity contribution >= 4 is 0 Å². The molecule has 0 aliphatic carbocycles. The highest BCUT2D eigenvalue weighted by Gasteiger charge is 2.07. The van der Waals surface area contributed by atoms with Crippen LogP contribution in [0.3, 0.4) is 0 Å². The van der Waals surface area contributed by atoms with Crippen LogP contribution >= 0.6 is 0 Å². The molecular formula is C4H10FNO. The second-order valence-electron chi connectivity index (χ2n) is 1.39. The van der Waals surface area contributed by atoms with E-state index in [0.29, 0.717) is 0 Å². The third-order valence-electron chi connectivity index (χ3n) is 0.820. The zero-order valence-electron chi connectivity index (χ0n) is 4.52. The first-order chi connectivity index (χ1) is 3.18. The fourth-order valence-electron chi connectivity index (χ4n) is 0.130. The van der Waals surface area contributed by atoms with Gasteiger partial charge in [0, 0.05) is 7.11 Å². The molecule has 2 N–H and O–H groups in total. The quantitative estimate of drug-likeness (QED) is 0.514. The largest absolute Gasteiger partial charge is 0.377 e. The topological polar surface area (TPSA) is 35.2 Å². The highest BCUT2D eigenvalue weighted by molar-refractivity contribution is 4.52. The number of nitrogens with two attached hydrogens (primary N) is 1. The minimum absolute atomic E-state index is 0.486. The van der Waals surface area contributed by atoms with Crippen molar-refractivity contribution in [2.75, 3.05) is 7.11 Å². The smallest absolute Gasteiger partial charge is 0.174 e. The Kier molecular flexibility index (Phi) is 2.87. The lowest BCUT2D eigenvalue weighted by Gasteiger charge is -2.08. The number of hydrogen-bond acceptors (Lipinski definition) is 2. The van der Waals surface area contributed by atoms with Gasteiger partial charge in [0.15, 0.2) is 6.30 Å². The predicted molar refractivity (Wildman–Crippen MR) is 25.6 cm³/mol. The van der Waals surface area contributed by atoms with E-state index in [0.717, 1.165) is 0 Å². The van der Waals surface area contributed by atoms with Crippen LogP contribution in [0.4, 0.5) is 4.39 Å². The lowest BCUT2D eigenvalue weighted by Crippen LogP contribution is -2.28. The molecule has 0 aliphatic rings. The minimum Gasteiger partial charge on any atom is -0.377 e. The van der Waals surface area contributed by atoms with Gasteiger partial charge in [0.1, 0.15) is 0 Å². The molecule has 2 nitrogen and oxygen atoms in total. The molecule has 0 aliphatic heterocycles. The fraction of sp³-hybridized carbons (Fsp3) is 1.00. The van der Waals surface area contributed by atoms with E-state index in [2.05, 4.69) is 4.74 Å². The van der Waals surface area contributed by atoms with E-state index in [9.17, 15) is 4.39 Å². The zero-order valence-corrected chi connectivity index (χ0v) is 4.52. The Hall–Kier alpha value is -0.150. The summed E-state index contributed by atoms with van der Waals surface area (Å²) in [4.78, 5) is 0. The summed E-state index contributed by atoms with van der Waals surface area (Å²) >= 11 is 0. The summed E-state index contributed by atoms with van der Waals surface area (Å²) in [5.74, 6) is 0. The van der Waals surface area contributed by atoms with Gasteiger partial charge in [-0.3, -0.25) is 5.73 Å². The maximum atomic E-state index is 11.7. The van der Waals surface area contributed by atoms with Gasteiger partial charge in [-0.05, 0) is 6.92 Å². The summed E-state index contributed by atoms with van der Waals surface area (Å²) in [5.41, 5.74) is 4.75. The number of alkyl halides is 1. The van der Waals surface area contributed by atoms with Gasteiger partial charge in [-0.15, -0.1) is 0 Å². The van der Waals surface area contributed by atoms with Crippen LogP contribution < -0.4 is 5.73 Å². The Morgan fingerprint density at radius 1 is 1.71 bits per heavy atom. The first kappa shape index (κ1) is 6.85. The Balaban J connectivity index is 3.14. The maximum absolute atomic E-state index is 11.7. The molecule has 0 radical (unpaired) electrons. The summed E-state index contributed by atoms with van der Waals surface area (Å²) in [6, 6.07) is 0. The van der Waals surface area contributed by atoms with E-state index in [1.165, 1.54) is 7.11 Å². The zero-order chi connectivity index (χ0) is 5.86. The summed E-state index contributed by atoms with van der Waals surface area (Å²) < 4.78 is 16.3. The number of hydrogen-bond donors (Lipinski definition) is 1. The molecule has 0 spiro atoms. The van der Waals surface area contributed by atoms with Crippen LogP contribution in [0.5, 0.6) is 0 Å². The normalized spacial score (nSPS) is 18.9. The monoisotopic (exact) mass is 107 g/mol. The van der Waals surface area contributed by atoms with E-state index in [1.54, 1.807) is 6.92 Å². The van der Waals surface area contributed by atoms with Gasteiger partial charge < -0.3 is 4.74 Å². The van der Waals surface area contributed by atoms with Crippen molar-refractivity contribution in [2.24, 2.45) is 5.73 Å². The van der Waals surface area contributed by atoms with E-state index in [1.807, 2.05) is 0 Å². The average Bonchev–Trinajstić information content (AvgIpc) is 1.65. The van der Waals surface area contributed by atoms with Gasteiger partial charge >= 0.3 is 0 Å². The van der Waals surface area contributed by atoms with Crippen molar-refractivity contribution in [1.82, 2.24) is 0 Å². The average molecular weight is 107 g/mol. The van der Waals surface area contributed by atoms with Gasteiger partial charge in [0.2, 0.25) is 0 Å². The van der Waals surface area contributed by atoms with Crippen LogP contribution in [0.2, 0.25) is 0 Å². The van der Waals surface area contributed by atoms with Crippen LogP contribution in [0.1, 0.15) is 6.92 Å². The van der Waals surface area contributed by atoms with Gasteiger partial charge in [-0.1, -0.05) is 0 Å². The van der Waals surface area contributed by atoms with Gasteiger partial charge in [0.25, 0.3) is 0 Å². The van der Waals surface area contributed by atoms with Crippen molar-refractivity contribution in [3.63, 3.8) is 0 Å². The van der Waals surface area contributed by atoms with Crippen LogP contribution in [0.15, 0.2) is 0 Å². The SMILES string of the molecule is COC(C)C(N)F. The lowest BCUT2D eigenvalue weighted by atomic mass is 10.4. The van der Waals surface area contributed by atoms with Crippen molar-refractivity contribution in [2.45, 2.75) is 19.3 Å². The number of ether oxygens (including phenoxy) is 1. The molecule has 0 saturated heterocycles. The minimum atomic E-state index is -1.36. The molecule has 2 unspecified atom stereocenters. The molecule has 2 atom stereocenters. The molecule has 0 aromatic rings. The molecule has 44 valence electrons. The molecule has 0 rings (SSSR count). The van der Waals surface area contributed by atoms with Crippen LogP contribution in [-0.2, 0) is 4.74 Å². The second-order valence-corrected chi connectivity index (χ2v) is 1.39. The third-order valence-corrected chi connectivity index (χ3v) is 0.820. The summed E-state index contributed by atoms with van der Waals surface area (Å²) in [5, 5.41) is 0. The molecule has 0 saturated carbocycles. The number of methoxy groups -OCH3 is 1. The summed E-state index contributed by atoms with van der Waals surface area (Å²) in [7, 11) is 1.42. The standard InChI is InChI=1S/C4H10FNO/c1-3(7-2)4(5)6/h3-4H,6H2,1-2H3. The second kappa shape index (κ2) is 2.93. The van der Waals surface area contributed by atoms with E-state index >= 15 is 0 Å². The molecule has 7 heavy (non-hydrogen) atoms. The molecule has 0 aromatic heterocycles. The van der Waals surface area contributed by atoms with E-state index < -0.39 is 12.4 Å². The Labute approximate surface area is 42.5 Å². The molecule has 3 heteroatoms. The molecular weight excluding hydrogens is 97.0 g/mol. The molecule has 0 amide bonds. The number of halogens is 1. The molecule has 0 heterocycles. The Bertz CT molecular complexity index is 49.0. The van der Waals surface area contributed by atoms with Gasteiger partial charge in [-0.25, -0.2) is 4.39 Å². The highest BCUT2D eigenvalue weighted by Crippen LogP contribution is 1.92. The number of rotatable bonds is 2. The van der Waals surface area contributed by atoms with Crippen molar-refractivity contribution < 1.29 is 9.13 Å². The third kappa shape index (κ3) is 2.53. The van der Waals surface area contributed by atoms with Crippen molar-refractivity contribution in [1.29, 1.82) is 0 Å². The summed E-state index contributed by atoms with van der Waals surface area (Å²) in [6.45, 7) is 1.57. The van der Waals surface area contributed by atoms with Crippen molar-refractivity contribution in [3.05, 3.63) is 0 Å². The highest BCUT2D eigenvalue weighted by atomic mass is 19.1. The van der Waals surface area contributed by atoms with Gasteiger partial charge in [-0.2, -0.15) is 0 Å². The van der Waals surface area contributed by atoms with Crippen molar-refractivity contribution in [3.8, 4) is 0 Å². The van der Waals surface area contributed by atoms with Crippen LogP contribution in [-0.4, -0.2) is 19.5 Å². The summed E-state index contributed by atoms with van der Waals surface area (Å²) in [6.07, 6.45) is -1.84. The van der Waals surface area contributed by atoms with Crippen LogP contribution in [0.25, 0.3) is 0 Å². The maximum Gasteiger partial charge on any atom is 0.174 e. The Morgan fingerprint density at radius 2 is 2.14 bits per heavy atom. The molecule has 0 bridgehead atoms. The molecule has 0 fully saturated rings. The fourth-order valence-corrected chi connectivity index (χ4v) is 0.130. The van der Waals surface area contributed by atoms with E-state index in [-0.39, 0.29) is 0 Å². The molecule has 0 aromatic carbocycles.